The number of carboxylic acids is 1. The molecule has 6 heteroatoms. The number of aliphatic carboxylic acids is 1. The first-order valence-corrected chi connectivity index (χ1v) is 12.1. The van der Waals surface area contributed by atoms with Crippen LogP contribution in [-0.4, -0.2) is 33.0 Å². The number of imidazole rings is 1. The Morgan fingerprint density at radius 1 is 0.900 bits per heavy atom. The number of aromatic nitrogens is 2. The van der Waals surface area contributed by atoms with Crippen molar-refractivity contribution in [1.29, 1.82) is 0 Å². The lowest BCUT2D eigenvalue weighted by Crippen LogP contribution is -2.42. The highest BCUT2D eigenvalue weighted by atomic mass is 16.4. The number of H-pyrrole nitrogens is 1. The van der Waals surface area contributed by atoms with Gasteiger partial charge in [0.15, 0.2) is 0 Å². The van der Waals surface area contributed by atoms with Crippen LogP contribution in [-0.2, 0) is 16.0 Å². The Kier molecular flexibility index (Phi) is 15.7. The highest BCUT2D eigenvalue weighted by Crippen LogP contribution is 2.13. The number of nitrogens with one attached hydrogen (secondary N) is 2. The van der Waals surface area contributed by atoms with Gasteiger partial charge < -0.3 is 15.4 Å². The van der Waals surface area contributed by atoms with Gasteiger partial charge in [-0.3, -0.25) is 4.79 Å². The van der Waals surface area contributed by atoms with Gasteiger partial charge in [0, 0.05) is 24.7 Å². The van der Waals surface area contributed by atoms with E-state index in [0.29, 0.717) is 12.1 Å². The summed E-state index contributed by atoms with van der Waals surface area (Å²) in [6.07, 6.45) is 23.0. The number of rotatable bonds is 20. The quantitative estimate of drug-likeness (QED) is 0.232. The van der Waals surface area contributed by atoms with E-state index in [1.165, 1.54) is 83.4 Å². The molecule has 1 amide bonds. The van der Waals surface area contributed by atoms with Gasteiger partial charge in [-0.2, -0.15) is 0 Å². The van der Waals surface area contributed by atoms with Crippen LogP contribution in [0.1, 0.15) is 115 Å². The van der Waals surface area contributed by atoms with E-state index >= 15 is 0 Å². The lowest BCUT2D eigenvalue weighted by atomic mass is 10.0. The number of carbonyl (C=O) groups is 2. The molecule has 0 aliphatic heterocycles. The largest absolute Gasteiger partial charge is 0.480 e. The normalized spacial score (nSPS) is 12.0. The number of hydrogen-bond donors (Lipinski definition) is 3. The molecule has 0 aromatic carbocycles. The Morgan fingerprint density at radius 2 is 1.40 bits per heavy atom. The summed E-state index contributed by atoms with van der Waals surface area (Å²) in [5, 5.41) is 11.9. The maximum atomic E-state index is 12.0. The molecule has 1 aromatic heterocycles. The average molecular weight is 422 g/mol. The maximum Gasteiger partial charge on any atom is 0.326 e. The minimum Gasteiger partial charge on any atom is -0.480 e. The van der Waals surface area contributed by atoms with Crippen molar-refractivity contribution >= 4 is 11.9 Å². The van der Waals surface area contributed by atoms with Crippen LogP contribution < -0.4 is 5.32 Å². The Hall–Kier alpha value is -1.85. The SMILES string of the molecule is CCCCCCCCCCCCCCCCCC(=O)NC(Cc1cnc[nH]1)C(=O)O. The van der Waals surface area contributed by atoms with E-state index < -0.39 is 12.0 Å². The summed E-state index contributed by atoms with van der Waals surface area (Å²) in [6, 6.07) is -0.908. The number of nitrogens with zero attached hydrogens (tertiary/aromatic N) is 1. The summed E-state index contributed by atoms with van der Waals surface area (Å²) in [7, 11) is 0. The minimum absolute atomic E-state index is 0.184. The van der Waals surface area contributed by atoms with Crippen LogP contribution >= 0.6 is 0 Å². The summed E-state index contributed by atoms with van der Waals surface area (Å²) >= 11 is 0. The van der Waals surface area contributed by atoms with Crippen LogP contribution in [0.5, 0.6) is 0 Å². The van der Waals surface area contributed by atoms with Crippen LogP contribution in [0.3, 0.4) is 0 Å². The first-order valence-electron chi connectivity index (χ1n) is 12.1. The summed E-state index contributed by atoms with van der Waals surface area (Å²) in [5.41, 5.74) is 0.703. The third-order valence-electron chi connectivity index (χ3n) is 5.62. The van der Waals surface area contributed by atoms with Crippen LogP contribution in [0.25, 0.3) is 0 Å². The van der Waals surface area contributed by atoms with Gasteiger partial charge in [-0.1, -0.05) is 96.8 Å². The number of carboxylic acid groups (broad SMARTS) is 1. The van der Waals surface area contributed by atoms with Gasteiger partial charge in [-0.25, -0.2) is 9.78 Å². The molecule has 0 fully saturated rings. The van der Waals surface area contributed by atoms with E-state index in [0.717, 1.165) is 19.3 Å². The van der Waals surface area contributed by atoms with Gasteiger partial charge in [0.05, 0.1) is 6.33 Å². The number of aromatic amines is 1. The molecule has 1 unspecified atom stereocenters. The van der Waals surface area contributed by atoms with E-state index in [4.69, 9.17) is 0 Å². The number of hydrogen-bond acceptors (Lipinski definition) is 3. The molecule has 1 atom stereocenters. The number of carbonyl (C=O) groups excluding carboxylic acids is 1. The van der Waals surface area contributed by atoms with Crippen molar-refractivity contribution in [3.05, 3.63) is 18.2 Å². The third-order valence-corrected chi connectivity index (χ3v) is 5.62. The molecule has 30 heavy (non-hydrogen) atoms. The van der Waals surface area contributed by atoms with Crippen molar-refractivity contribution in [2.24, 2.45) is 0 Å². The average Bonchev–Trinajstić information content (AvgIpc) is 3.23. The van der Waals surface area contributed by atoms with Crippen LogP contribution in [0.2, 0.25) is 0 Å². The fourth-order valence-electron chi connectivity index (χ4n) is 3.74. The van der Waals surface area contributed by atoms with E-state index in [9.17, 15) is 14.7 Å². The zero-order valence-electron chi connectivity index (χ0n) is 19.0. The van der Waals surface area contributed by atoms with Crippen molar-refractivity contribution in [3.63, 3.8) is 0 Å². The number of amides is 1. The molecule has 0 saturated heterocycles. The molecule has 6 nitrogen and oxygen atoms in total. The van der Waals surface area contributed by atoms with Crippen LogP contribution in [0.4, 0.5) is 0 Å². The van der Waals surface area contributed by atoms with Gasteiger partial charge in [0.1, 0.15) is 6.04 Å². The summed E-state index contributed by atoms with van der Waals surface area (Å²) < 4.78 is 0. The summed E-state index contributed by atoms with van der Waals surface area (Å²) in [5.74, 6) is -1.20. The highest BCUT2D eigenvalue weighted by molar-refractivity contribution is 5.83. The molecule has 0 aliphatic carbocycles. The number of unbranched alkanes of at least 4 members (excludes halogenated alkanes) is 14. The Balaban J connectivity index is 1.91. The van der Waals surface area contributed by atoms with Crippen molar-refractivity contribution in [2.45, 2.75) is 122 Å². The molecular weight excluding hydrogens is 378 g/mol. The lowest BCUT2D eigenvalue weighted by Gasteiger charge is -2.13. The first-order chi connectivity index (χ1) is 14.6. The fourth-order valence-corrected chi connectivity index (χ4v) is 3.74. The van der Waals surface area contributed by atoms with Gasteiger partial charge in [-0.15, -0.1) is 0 Å². The van der Waals surface area contributed by atoms with Crippen LogP contribution in [0, 0.1) is 0 Å². The second kappa shape index (κ2) is 18.0. The fraction of sp³-hybridized carbons (Fsp3) is 0.792. The van der Waals surface area contributed by atoms with Gasteiger partial charge in [-0.05, 0) is 6.42 Å². The predicted octanol–water partition coefficient (Wildman–Crippen LogP) is 5.78. The van der Waals surface area contributed by atoms with Crippen molar-refractivity contribution in [2.75, 3.05) is 0 Å². The molecule has 0 bridgehead atoms. The monoisotopic (exact) mass is 421 g/mol. The van der Waals surface area contributed by atoms with Gasteiger partial charge in [0.25, 0.3) is 0 Å². The molecule has 1 rings (SSSR count). The molecule has 0 saturated carbocycles. The molecule has 0 aliphatic rings. The van der Waals surface area contributed by atoms with Crippen LogP contribution in [0.15, 0.2) is 12.5 Å². The van der Waals surface area contributed by atoms with E-state index in [2.05, 4.69) is 22.2 Å². The maximum absolute atomic E-state index is 12.0. The van der Waals surface area contributed by atoms with Crippen molar-refractivity contribution in [1.82, 2.24) is 15.3 Å². The Bertz CT molecular complexity index is 546. The van der Waals surface area contributed by atoms with E-state index in [-0.39, 0.29) is 12.3 Å². The zero-order valence-corrected chi connectivity index (χ0v) is 19.0. The van der Waals surface area contributed by atoms with Gasteiger partial charge in [0.2, 0.25) is 5.91 Å². The standard InChI is InChI=1S/C24H43N3O3/c1-2-3-4-5-6-7-8-9-10-11-12-13-14-15-16-17-23(28)27-22(24(29)30)18-21-19-25-20-26-21/h19-20,22H,2-18H2,1H3,(H,25,26)(H,27,28)(H,29,30). The summed E-state index contributed by atoms with van der Waals surface area (Å²) in [4.78, 5) is 30.1. The molecule has 1 aromatic rings. The Morgan fingerprint density at radius 3 is 1.83 bits per heavy atom. The first kappa shape index (κ1) is 26.2. The highest BCUT2D eigenvalue weighted by Gasteiger charge is 2.20. The van der Waals surface area contributed by atoms with E-state index in [1.54, 1.807) is 6.20 Å². The van der Waals surface area contributed by atoms with Gasteiger partial charge >= 0.3 is 5.97 Å². The van der Waals surface area contributed by atoms with E-state index in [1.807, 2.05) is 0 Å². The topological polar surface area (TPSA) is 95.1 Å². The summed E-state index contributed by atoms with van der Waals surface area (Å²) in [6.45, 7) is 2.26. The van der Waals surface area contributed by atoms with Crippen molar-refractivity contribution in [3.8, 4) is 0 Å². The molecule has 0 spiro atoms. The molecular formula is C24H43N3O3. The third kappa shape index (κ3) is 14.2. The lowest BCUT2D eigenvalue weighted by molar-refractivity contribution is -0.141. The minimum atomic E-state index is -1.02. The second-order valence-corrected chi connectivity index (χ2v) is 8.44. The zero-order chi connectivity index (χ0) is 21.9. The molecule has 3 N–H and O–H groups in total. The molecule has 172 valence electrons. The smallest absolute Gasteiger partial charge is 0.326 e. The molecule has 0 radical (unpaired) electrons. The van der Waals surface area contributed by atoms with Crippen molar-refractivity contribution < 1.29 is 14.7 Å². The molecule has 1 heterocycles. The predicted molar refractivity (Wildman–Crippen MR) is 121 cm³/mol. The second-order valence-electron chi connectivity index (χ2n) is 8.44. The Labute approximate surface area is 182 Å².